The summed E-state index contributed by atoms with van der Waals surface area (Å²) in [7, 11) is 1.46. The highest BCUT2D eigenvalue weighted by Crippen LogP contribution is 2.32. The minimum absolute atomic E-state index is 0.119. The van der Waals surface area contributed by atoms with Crippen molar-refractivity contribution in [1.82, 2.24) is 9.97 Å². The molecule has 0 saturated carbocycles. The summed E-state index contributed by atoms with van der Waals surface area (Å²) >= 11 is 0. The van der Waals surface area contributed by atoms with Crippen LogP contribution >= 0.6 is 0 Å². The Morgan fingerprint density at radius 3 is 2.82 bits per heavy atom. The van der Waals surface area contributed by atoms with Gasteiger partial charge in [-0.15, -0.1) is 0 Å². The molecular weight excluding hydrogens is 225 g/mol. The normalized spacial score (nSPS) is 10.2. The quantitative estimate of drug-likeness (QED) is 0.818. The molecule has 5 nitrogen and oxygen atoms in total. The van der Waals surface area contributed by atoms with Crippen molar-refractivity contribution < 1.29 is 9.13 Å². The molecule has 0 fully saturated rings. The number of H-pyrrole nitrogens is 1. The molecule has 0 aliphatic rings. The van der Waals surface area contributed by atoms with E-state index in [9.17, 15) is 9.18 Å². The van der Waals surface area contributed by atoms with Gasteiger partial charge < -0.3 is 10.5 Å². The first-order valence-corrected chi connectivity index (χ1v) is 4.80. The highest BCUT2D eigenvalue weighted by atomic mass is 19.1. The Morgan fingerprint density at radius 2 is 2.18 bits per heavy atom. The second-order valence-corrected chi connectivity index (χ2v) is 3.36. The fraction of sp³-hybridized carbons (Fsp3) is 0.0909. The molecule has 0 radical (unpaired) electrons. The fourth-order valence-electron chi connectivity index (χ4n) is 1.51. The molecule has 6 heteroatoms. The molecule has 0 aliphatic carbocycles. The number of methoxy groups -OCH3 is 1. The zero-order valence-corrected chi connectivity index (χ0v) is 9.03. The van der Waals surface area contributed by atoms with E-state index in [4.69, 9.17) is 10.5 Å². The molecule has 88 valence electrons. The van der Waals surface area contributed by atoms with Crippen LogP contribution in [0.1, 0.15) is 0 Å². The van der Waals surface area contributed by atoms with Crippen molar-refractivity contribution in [2.24, 2.45) is 0 Å². The minimum Gasteiger partial charge on any atom is -0.496 e. The van der Waals surface area contributed by atoms with Gasteiger partial charge in [-0.05, 0) is 18.2 Å². The van der Waals surface area contributed by atoms with Crippen LogP contribution in [0.5, 0.6) is 5.75 Å². The molecule has 1 aromatic carbocycles. The summed E-state index contributed by atoms with van der Waals surface area (Å²) in [6, 6.07) is 4.03. The smallest absolute Gasteiger partial charge is 0.346 e. The summed E-state index contributed by atoms with van der Waals surface area (Å²) in [6.07, 6.45) is 1.28. The molecule has 0 unspecified atom stereocenters. The van der Waals surface area contributed by atoms with Crippen LogP contribution in [0.4, 0.5) is 10.2 Å². The van der Waals surface area contributed by atoms with E-state index in [-0.39, 0.29) is 5.82 Å². The molecule has 0 spiro atoms. The number of benzene rings is 1. The van der Waals surface area contributed by atoms with Crippen molar-refractivity contribution in [3.63, 3.8) is 0 Å². The molecule has 2 rings (SSSR count). The molecular formula is C11H10FN3O2. The lowest BCUT2D eigenvalue weighted by molar-refractivity contribution is 0.415. The number of aromatic nitrogens is 2. The molecule has 0 aliphatic heterocycles. The molecule has 0 atom stereocenters. The molecule has 17 heavy (non-hydrogen) atoms. The number of nitrogens with one attached hydrogen (secondary N) is 1. The minimum atomic E-state index is -0.554. The van der Waals surface area contributed by atoms with Gasteiger partial charge in [0.2, 0.25) is 0 Å². The second kappa shape index (κ2) is 4.25. The Kier molecular flexibility index (Phi) is 2.78. The van der Waals surface area contributed by atoms with Crippen LogP contribution in [0.3, 0.4) is 0 Å². The molecule has 0 bridgehead atoms. The largest absolute Gasteiger partial charge is 0.496 e. The van der Waals surface area contributed by atoms with Crippen molar-refractivity contribution in [1.29, 1.82) is 0 Å². The van der Waals surface area contributed by atoms with Crippen LogP contribution in [0.15, 0.2) is 29.2 Å². The van der Waals surface area contributed by atoms with Crippen LogP contribution in [-0.4, -0.2) is 17.1 Å². The number of anilines is 1. The Bertz CT molecular complexity index is 610. The Hall–Kier alpha value is -2.37. The van der Waals surface area contributed by atoms with Crippen molar-refractivity contribution in [3.05, 3.63) is 40.7 Å². The van der Waals surface area contributed by atoms with Gasteiger partial charge in [0.15, 0.2) is 0 Å². The molecule has 0 saturated heterocycles. The topological polar surface area (TPSA) is 81.0 Å². The van der Waals surface area contributed by atoms with E-state index in [1.54, 1.807) is 0 Å². The number of nitrogen functional groups attached to an aromatic ring is 1. The van der Waals surface area contributed by atoms with E-state index in [0.29, 0.717) is 16.9 Å². The van der Waals surface area contributed by atoms with Gasteiger partial charge in [-0.3, -0.25) is 4.98 Å². The summed E-state index contributed by atoms with van der Waals surface area (Å²) in [5.74, 6) is 0.146. The van der Waals surface area contributed by atoms with Gasteiger partial charge in [0.1, 0.15) is 17.4 Å². The number of nitrogens with zero attached hydrogens (tertiary/aromatic N) is 1. The van der Waals surface area contributed by atoms with E-state index in [0.717, 1.165) is 0 Å². The molecule has 2 aromatic rings. The van der Waals surface area contributed by atoms with Crippen LogP contribution in [0.25, 0.3) is 11.1 Å². The molecule has 3 N–H and O–H groups in total. The number of halogens is 1. The van der Waals surface area contributed by atoms with Gasteiger partial charge in [0.25, 0.3) is 0 Å². The van der Waals surface area contributed by atoms with E-state index < -0.39 is 11.5 Å². The fourth-order valence-corrected chi connectivity index (χ4v) is 1.51. The van der Waals surface area contributed by atoms with Crippen LogP contribution in [0.2, 0.25) is 0 Å². The third-order valence-electron chi connectivity index (χ3n) is 2.29. The van der Waals surface area contributed by atoms with Gasteiger partial charge >= 0.3 is 5.69 Å². The predicted octanol–water partition coefficient (Wildman–Crippen LogP) is 1.17. The first-order chi connectivity index (χ1) is 8.11. The van der Waals surface area contributed by atoms with Gasteiger partial charge in [0, 0.05) is 17.3 Å². The Morgan fingerprint density at radius 1 is 1.41 bits per heavy atom. The summed E-state index contributed by atoms with van der Waals surface area (Å²) in [5.41, 5.74) is 5.96. The monoisotopic (exact) mass is 235 g/mol. The second-order valence-electron chi connectivity index (χ2n) is 3.36. The van der Waals surface area contributed by atoms with Crippen molar-refractivity contribution in [3.8, 4) is 16.9 Å². The average molecular weight is 235 g/mol. The summed E-state index contributed by atoms with van der Waals surface area (Å²) in [6.45, 7) is 0. The first-order valence-electron chi connectivity index (χ1n) is 4.80. The lowest BCUT2D eigenvalue weighted by Crippen LogP contribution is -2.12. The maximum absolute atomic E-state index is 13.2. The number of rotatable bonds is 2. The Labute approximate surface area is 96.1 Å². The van der Waals surface area contributed by atoms with E-state index in [1.165, 1.54) is 31.5 Å². The van der Waals surface area contributed by atoms with Crippen LogP contribution in [0, 0.1) is 5.82 Å². The van der Waals surface area contributed by atoms with Crippen molar-refractivity contribution >= 4 is 5.82 Å². The third kappa shape index (κ3) is 2.10. The molecule has 0 amide bonds. The number of aromatic amines is 1. The van der Waals surface area contributed by atoms with E-state index >= 15 is 0 Å². The van der Waals surface area contributed by atoms with Crippen LogP contribution < -0.4 is 16.2 Å². The number of ether oxygens (including phenoxy) is 1. The summed E-state index contributed by atoms with van der Waals surface area (Å²) in [4.78, 5) is 16.8. The molecule has 1 aromatic heterocycles. The highest BCUT2D eigenvalue weighted by Gasteiger charge is 2.11. The summed E-state index contributed by atoms with van der Waals surface area (Å²) < 4.78 is 18.3. The lowest BCUT2D eigenvalue weighted by atomic mass is 10.1. The SMILES string of the molecule is COc1ccc(F)cc1-c1cnc(=O)[nH]c1N. The summed E-state index contributed by atoms with van der Waals surface area (Å²) in [5, 5.41) is 0. The van der Waals surface area contributed by atoms with Crippen LogP contribution in [-0.2, 0) is 0 Å². The number of hydrogen-bond acceptors (Lipinski definition) is 4. The van der Waals surface area contributed by atoms with Crippen molar-refractivity contribution in [2.45, 2.75) is 0 Å². The number of nitrogens with two attached hydrogens (primary N) is 1. The first kappa shape index (κ1) is 11.1. The van der Waals surface area contributed by atoms with Gasteiger partial charge in [-0.1, -0.05) is 0 Å². The lowest BCUT2D eigenvalue weighted by Gasteiger charge is -2.09. The maximum Gasteiger partial charge on any atom is 0.346 e. The van der Waals surface area contributed by atoms with Crippen molar-refractivity contribution in [2.75, 3.05) is 12.8 Å². The maximum atomic E-state index is 13.2. The van der Waals surface area contributed by atoms with Gasteiger partial charge in [-0.2, -0.15) is 0 Å². The third-order valence-corrected chi connectivity index (χ3v) is 2.29. The average Bonchev–Trinajstić information content (AvgIpc) is 2.29. The predicted molar refractivity (Wildman–Crippen MR) is 61.2 cm³/mol. The van der Waals surface area contributed by atoms with E-state index in [1.807, 2.05) is 0 Å². The van der Waals surface area contributed by atoms with E-state index in [2.05, 4.69) is 9.97 Å². The number of hydrogen-bond donors (Lipinski definition) is 2. The van der Waals surface area contributed by atoms with Gasteiger partial charge in [0.05, 0.1) is 7.11 Å². The highest BCUT2D eigenvalue weighted by molar-refractivity contribution is 5.77. The standard InChI is InChI=1S/C11H10FN3O2/c1-17-9-3-2-6(12)4-7(9)8-5-14-11(16)15-10(8)13/h2-5H,1H3,(H3,13,14,15,16). The Balaban J connectivity index is 2.66. The molecule has 1 heterocycles. The zero-order chi connectivity index (χ0) is 12.4. The zero-order valence-electron chi connectivity index (χ0n) is 9.03. The van der Waals surface area contributed by atoms with Gasteiger partial charge in [-0.25, -0.2) is 14.2 Å².